The highest BCUT2D eigenvalue weighted by Crippen LogP contribution is 2.21. The molecule has 2 heterocycles. The van der Waals surface area contributed by atoms with Gasteiger partial charge in [-0.1, -0.05) is 0 Å². The van der Waals surface area contributed by atoms with Crippen molar-refractivity contribution in [2.75, 3.05) is 25.1 Å². The average Bonchev–Trinajstić information content (AvgIpc) is 2.28. The number of aromatic nitrogens is 1. The number of halogens is 1. The van der Waals surface area contributed by atoms with E-state index in [0.717, 1.165) is 0 Å². The first kappa shape index (κ1) is 11.3. The van der Waals surface area contributed by atoms with Crippen LogP contribution in [0.4, 0.5) is 10.1 Å². The number of aliphatic hydroxyl groups is 1. The summed E-state index contributed by atoms with van der Waals surface area (Å²) in [5.74, 6) is -0.524. The maximum atomic E-state index is 12.8. The Kier molecular flexibility index (Phi) is 3.36. The molecule has 0 atom stereocenters. The van der Waals surface area contributed by atoms with E-state index in [0.29, 0.717) is 38.3 Å². The fourth-order valence-electron chi connectivity index (χ4n) is 1.71. The van der Waals surface area contributed by atoms with Crippen molar-refractivity contribution >= 4 is 5.69 Å². The molecule has 1 aliphatic rings. The number of hydrogen-bond acceptors (Lipinski definition) is 4. The van der Waals surface area contributed by atoms with Gasteiger partial charge in [-0.05, 0) is 6.07 Å². The molecule has 0 aliphatic carbocycles. The summed E-state index contributed by atoms with van der Waals surface area (Å²) >= 11 is 0. The molecule has 5 heteroatoms. The highest BCUT2D eigenvalue weighted by molar-refractivity contribution is 5.41. The van der Waals surface area contributed by atoms with Gasteiger partial charge in [-0.3, -0.25) is 0 Å². The Labute approximate surface area is 93.5 Å². The van der Waals surface area contributed by atoms with Gasteiger partial charge in [0.2, 0.25) is 5.95 Å². The van der Waals surface area contributed by atoms with Gasteiger partial charge < -0.3 is 15.2 Å². The van der Waals surface area contributed by atoms with E-state index >= 15 is 0 Å². The van der Waals surface area contributed by atoms with Crippen molar-refractivity contribution < 1.29 is 14.2 Å². The number of nitrogens with zero attached hydrogens (tertiary/aromatic N) is 1. The standard InChI is InChI=1S/C11H15FN2O2/c12-10-7-9(1-4-13-10)14-8-11(15)2-5-16-6-3-11/h1,4,7,15H,2-3,5-6,8H2,(H,13,14). The zero-order valence-corrected chi connectivity index (χ0v) is 8.95. The Bertz CT molecular complexity index is 354. The minimum absolute atomic E-state index is 0.403. The second-order valence-electron chi connectivity index (χ2n) is 4.06. The maximum Gasteiger partial charge on any atom is 0.214 e. The summed E-state index contributed by atoms with van der Waals surface area (Å²) in [5, 5.41) is 13.2. The molecule has 88 valence electrons. The molecule has 1 fully saturated rings. The summed E-state index contributed by atoms with van der Waals surface area (Å²) < 4.78 is 18.0. The predicted octanol–water partition coefficient (Wildman–Crippen LogP) is 1.17. The Hall–Kier alpha value is -1.20. The van der Waals surface area contributed by atoms with Gasteiger partial charge in [-0.2, -0.15) is 4.39 Å². The summed E-state index contributed by atoms with van der Waals surface area (Å²) in [6.07, 6.45) is 2.60. The number of hydrogen-bond donors (Lipinski definition) is 2. The van der Waals surface area contributed by atoms with Gasteiger partial charge in [0.1, 0.15) is 0 Å². The van der Waals surface area contributed by atoms with Gasteiger partial charge in [-0.25, -0.2) is 4.98 Å². The van der Waals surface area contributed by atoms with Gasteiger partial charge in [0, 0.05) is 50.6 Å². The molecule has 1 aromatic rings. The lowest BCUT2D eigenvalue weighted by atomic mass is 9.94. The largest absolute Gasteiger partial charge is 0.388 e. The van der Waals surface area contributed by atoms with Crippen LogP contribution in [0, 0.1) is 5.95 Å². The minimum atomic E-state index is -0.752. The van der Waals surface area contributed by atoms with Crippen LogP contribution in [-0.4, -0.2) is 35.5 Å². The highest BCUT2D eigenvalue weighted by atomic mass is 19.1. The zero-order chi connectivity index (χ0) is 11.4. The number of ether oxygens (including phenoxy) is 1. The molecule has 1 saturated heterocycles. The smallest absolute Gasteiger partial charge is 0.214 e. The fourth-order valence-corrected chi connectivity index (χ4v) is 1.71. The normalized spacial score (nSPS) is 19.4. The Morgan fingerprint density at radius 1 is 1.50 bits per heavy atom. The third-order valence-electron chi connectivity index (χ3n) is 2.77. The molecule has 0 aromatic carbocycles. The van der Waals surface area contributed by atoms with E-state index in [4.69, 9.17) is 4.74 Å². The van der Waals surface area contributed by atoms with Crippen LogP contribution in [0.25, 0.3) is 0 Å². The van der Waals surface area contributed by atoms with Crippen molar-refractivity contribution in [1.29, 1.82) is 0 Å². The average molecular weight is 226 g/mol. The molecule has 0 radical (unpaired) electrons. The van der Waals surface area contributed by atoms with Crippen LogP contribution >= 0.6 is 0 Å². The number of anilines is 1. The van der Waals surface area contributed by atoms with Crippen molar-refractivity contribution in [1.82, 2.24) is 4.98 Å². The van der Waals surface area contributed by atoms with E-state index in [9.17, 15) is 9.50 Å². The molecule has 2 rings (SSSR count). The number of nitrogens with one attached hydrogen (secondary N) is 1. The van der Waals surface area contributed by atoms with E-state index in [2.05, 4.69) is 10.3 Å². The number of rotatable bonds is 3. The highest BCUT2D eigenvalue weighted by Gasteiger charge is 2.29. The van der Waals surface area contributed by atoms with Crippen LogP contribution in [-0.2, 0) is 4.74 Å². The molecule has 0 amide bonds. The summed E-state index contributed by atoms with van der Waals surface area (Å²) in [6, 6.07) is 2.98. The predicted molar refractivity (Wildman–Crippen MR) is 57.7 cm³/mol. The SMILES string of the molecule is OC1(CNc2ccnc(F)c2)CCOCC1. The Balaban J connectivity index is 1.91. The second-order valence-corrected chi connectivity index (χ2v) is 4.06. The van der Waals surface area contributed by atoms with E-state index in [1.807, 2.05) is 0 Å². The molecular formula is C11H15FN2O2. The van der Waals surface area contributed by atoms with Crippen LogP contribution in [0.3, 0.4) is 0 Å². The first-order valence-electron chi connectivity index (χ1n) is 5.34. The van der Waals surface area contributed by atoms with Gasteiger partial charge in [0.05, 0.1) is 5.60 Å². The van der Waals surface area contributed by atoms with Crippen LogP contribution < -0.4 is 5.32 Å². The lowest BCUT2D eigenvalue weighted by molar-refractivity contribution is -0.0543. The van der Waals surface area contributed by atoms with Crippen molar-refractivity contribution in [2.24, 2.45) is 0 Å². The third-order valence-corrected chi connectivity index (χ3v) is 2.77. The maximum absolute atomic E-state index is 12.8. The molecule has 4 nitrogen and oxygen atoms in total. The molecule has 1 aromatic heterocycles. The molecule has 0 spiro atoms. The van der Waals surface area contributed by atoms with E-state index in [1.54, 1.807) is 6.07 Å². The summed E-state index contributed by atoms with van der Waals surface area (Å²) in [5.41, 5.74) is -0.120. The van der Waals surface area contributed by atoms with Gasteiger partial charge in [-0.15, -0.1) is 0 Å². The molecule has 2 N–H and O–H groups in total. The van der Waals surface area contributed by atoms with E-state index in [-0.39, 0.29) is 0 Å². The topological polar surface area (TPSA) is 54.4 Å². The molecule has 1 aliphatic heterocycles. The van der Waals surface area contributed by atoms with Crippen LogP contribution in [0.5, 0.6) is 0 Å². The number of pyridine rings is 1. The van der Waals surface area contributed by atoms with Crippen molar-refractivity contribution in [3.8, 4) is 0 Å². The molecule has 0 saturated carbocycles. The fraction of sp³-hybridized carbons (Fsp3) is 0.545. The monoisotopic (exact) mass is 226 g/mol. The van der Waals surface area contributed by atoms with Crippen molar-refractivity contribution in [3.63, 3.8) is 0 Å². The summed E-state index contributed by atoms with van der Waals surface area (Å²) in [7, 11) is 0. The second kappa shape index (κ2) is 4.76. The summed E-state index contributed by atoms with van der Waals surface area (Å²) in [6.45, 7) is 1.55. The quantitative estimate of drug-likeness (QED) is 0.760. The lowest BCUT2D eigenvalue weighted by Gasteiger charge is -2.32. The van der Waals surface area contributed by atoms with Crippen molar-refractivity contribution in [3.05, 3.63) is 24.3 Å². The Morgan fingerprint density at radius 3 is 2.94 bits per heavy atom. The van der Waals surface area contributed by atoms with Crippen LogP contribution in [0.1, 0.15) is 12.8 Å². The van der Waals surface area contributed by atoms with Gasteiger partial charge in [0.15, 0.2) is 0 Å². The third kappa shape index (κ3) is 2.90. The molecule has 0 bridgehead atoms. The van der Waals surface area contributed by atoms with Gasteiger partial charge in [0.25, 0.3) is 0 Å². The van der Waals surface area contributed by atoms with E-state index in [1.165, 1.54) is 12.3 Å². The summed E-state index contributed by atoms with van der Waals surface area (Å²) in [4.78, 5) is 3.46. The lowest BCUT2D eigenvalue weighted by Crippen LogP contribution is -2.42. The Morgan fingerprint density at radius 2 is 2.25 bits per heavy atom. The molecule has 0 unspecified atom stereocenters. The first-order valence-corrected chi connectivity index (χ1v) is 5.34. The molecular weight excluding hydrogens is 211 g/mol. The van der Waals surface area contributed by atoms with Crippen molar-refractivity contribution in [2.45, 2.75) is 18.4 Å². The van der Waals surface area contributed by atoms with Crippen LogP contribution in [0.15, 0.2) is 18.3 Å². The van der Waals surface area contributed by atoms with Crippen LogP contribution in [0.2, 0.25) is 0 Å². The molecule has 16 heavy (non-hydrogen) atoms. The minimum Gasteiger partial charge on any atom is -0.388 e. The van der Waals surface area contributed by atoms with E-state index < -0.39 is 11.5 Å². The zero-order valence-electron chi connectivity index (χ0n) is 8.95. The van der Waals surface area contributed by atoms with Gasteiger partial charge >= 0.3 is 0 Å². The first-order chi connectivity index (χ1) is 7.68.